The van der Waals surface area contributed by atoms with Gasteiger partial charge in [-0.2, -0.15) is 0 Å². The van der Waals surface area contributed by atoms with Crippen LogP contribution in [-0.4, -0.2) is 49.8 Å². The fraction of sp³-hybridized carbons (Fsp3) is 0.333. The largest absolute Gasteiger partial charge is 0.425 e. The molecule has 0 bridgehead atoms. The summed E-state index contributed by atoms with van der Waals surface area (Å²) in [6.07, 6.45) is 0.998. The third-order valence-electron chi connectivity index (χ3n) is 5.27. The van der Waals surface area contributed by atoms with Gasteiger partial charge in [0.1, 0.15) is 11.8 Å². The Morgan fingerprint density at radius 1 is 1.03 bits per heavy atom. The summed E-state index contributed by atoms with van der Waals surface area (Å²) >= 11 is 0. The third kappa shape index (κ3) is 4.49. The highest BCUT2D eigenvalue weighted by molar-refractivity contribution is 7.91. The molecule has 1 atom stereocenters. The first-order valence-corrected chi connectivity index (χ1v) is 11.4. The molecule has 1 fully saturated rings. The predicted octanol–water partition coefficient (Wildman–Crippen LogP) is 1.95. The lowest BCUT2D eigenvalue weighted by Gasteiger charge is -2.33. The van der Waals surface area contributed by atoms with Crippen molar-refractivity contribution in [2.75, 3.05) is 29.9 Å². The van der Waals surface area contributed by atoms with Crippen LogP contribution in [0.1, 0.15) is 23.6 Å². The van der Waals surface area contributed by atoms with E-state index in [1.807, 2.05) is 35.2 Å². The average molecular weight is 414 g/mol. The summed E-state index contributed by atoms with van der Waals surface area (Å²) in [6.45, 7) is 0.570. The van der Waals surface area contributed by atoms with Crippen LogP contribution >= 0.6 is 0 Å². The second-order valence-corrected chi connectivity index (χ2v) is 9.59. The quantitative estimate of drug-likeness (QED) is 0.607. The highest BCUT2D eigenvalue weighted by Gasteiger charge is 2.34. The minimum atomic E-state index is -3.06. The summed E-state index contributed by atoms with van der Waals surface area (Å²) in [7, 11) is -3.06. The van der Waals surface area contributed by atoms with Crippen LogP contribution in [0.5, 0.6) is 5.75 Å². The van der Waals surface area contributed by atoms with Crippen molar-refractivity contribution in [2.24, 2.45) is 0 Å². The van der Waals surface area contributed by atoms with E-state index in [0.29, 0.717) is 18.6 Å². The van der Waals surface area contributed by atoms with Crippen molar-refractivity contribution < 1.29 is 22.7 Å². The van der Waals surface area contributed by atoms with Crippen LogP contribution in [0.4, 0.5) is 5.69 Å². The molecule has 2 aromatic rings. The van der Waals surface area contributed by atoms with Crippen molar-refractivity contribution in [1.29, 1.82) is 0 Å². The monoisotopic (exact) mass is 414 g/mol. The van der Waals surface area contributed by atoms with Crippen molar-refractivity contribution in [2.45, 2.75) is 18.9 Å². The van der Waals surface area contributed by atoms with Gasteiger partial charge < -0.3 is 10.1 Å². The van der Waals surface area contributed by atoms with Gasteiger partial charge in [0.15, 0.2) is 9.84 Å². The molecule has 0 saturated carbocycles. The minimum Gasteiger partial charge on any atom is -0.425 e. The third-order valence-corrected chi connectivity index (χ3v) is 6.88. The molecule has 4 rings (SSSR count). The van der Waals surface area contributed by atoms with Crippen LogP contribution in [0.3, 0.4) is 0 Å². The Hall–Kier alpha value is -2.71. The summed E-state index contributed by atoms with van der Waals surface area (Å²) in [5.41, 5.74) is 2.43. The zero-order chi connectivity index (χ0) is 20.4. The van der Waals surface area contributed by atoms with E-state index in [1.165, 1.54) is 0 Å². The molecule has 7 nitrogen and oxygen atoms in total. The van der Waals surface area contributed by atoms with Crippen molar-refractivity contribution in [3.05, 3.63) is 59.7 Å². The second-order valence-electron chi connectivity index (χ2n) is 7.29. The van der Waals surface area contributed by atoms with Crippen LogP contribution in [0.25, 0.3) is 0 Å². The summed E-state index contributed by atoms with van der Waals surface area (Å²) in [4.78, 5) is 26.5. The zero-order valence-electron chi connectivity index (χ0n) is 15.8. The number of esters is 1. The number of amides is 1. The van der Waals surface area contributed by atoms with Crippen LogP contribution in [0.2, 0.25) is 0 Å². The van der Waals surface area contributed by atoms with E-state index in [4.69, 9.17) is 4.74 Å². The normalized spacial score (nSPS) is 19.7. The van der Waals surface area contributed by atoms with E-state index in [0.717, 1.165) is 16.8 Å². The first-order valence-electron chi connectivity index (χ1n) is 9.55. The lowest BCUT2D eigenvalue weighted by molar-refractivity contribution is -0.140. The smallest absolute Gasteiger partial charge is 0.333 e. The summed E-state index contributed by atoms with van der Waals surface area (Å²) in [6, 6.07) is 13.7. The number of anilines is 1. The number of nitrogens with one attached hydrogen (secondary N) is 1. The maximum Gasteiger partial charge on any atom is 0.333 e. The van der Waals surface area contributed by atoms with Gasteiger partial charge in [0.05, 0.1) is 11.5 Å². The SMILES string of the molecule is O=C1CCc2cc(OC(=O)C(c3ccccc3)N3CCS(=O)(=O)CC3)ccc2N1. The molecule has 2 heterocycles. The van der Waals surface area contributed by atoms with Crippen LogP contribution < -0.4 is 10.1 Å². The molecule has 152 valence electrons. The Bertz CT molecular complexity index is 1020. The van der Waals surface area contributed by atoms with Gasteiger partial charge in [-0.05, 0) is 35.7 Å². The van der Waals surface area contributed by atoms with E-state index in [-0.39, 0.29) is 30.5 Å². The number of benzene rings is 2. The van der Waals surface area contributed by atoms with E-state index in [1.54, 1.807) is 18.2 Å². The molecular formula is C21H22N2O5S. The molecule has 0 spiro atoms. The molecule has 1 amide bonds. The fourth-order valence-corrected chi connectivity index (χ4v) is 4.94. The minimum absolute atomic E-state index is 0.0218. The number of rotatable bonds is 4. The van der Waals surface area contributed by atoms with E-state index in [2.05, 4.69) is 5.32 Å². The summed E-state index contributed by atoms with van der Waals surface area (Å²) in [5, 5.41) is 2.80. The number of hydrogen-bond donors (Lipinski definition) is 1. The molecule has 2 aliphatic heterocycles. The molecule has 0 aromatic heterocycles. The Kier molecular flexibility index (Phi) is 5.38. The molecule has 0 aliphatic carbocycles. The van der Waals surface area contributed by atoms with Gasteiger partial charge in [0, 0.05) is 25.2 Å². The van der Waals surface area contributed by atoms with Crippen molar-refractivity contribution in [1.82, 2.24) is 4.90 Å². The maximum absolute atomic E-state index is 13.1. The first-order chi connectivity index (χ1) is 13.9. The number of carbonyl (C=O) groups is 2. The molecule has 1 unspecified atom stereocenters. The van der Waals surface area contributed by atoms with E-state index in [9.17, 15) is 18.0 Å². The number of carbonyl (C=O) groups excluding carboxylic acids is 2. The number of ether oxygens (including phenoxy) is 1. The maximum atomic E-state index is 13.1. The van der Waals surface area contributed by atoms with Gasteiger partial charge >= 0.3 is 5.97 Å². The van der Waals surface area contributed by atoms with Crippen molar-refractivity contribution in [3.8, 4) is 5.75 Å². The predicted molar refractivity (Wildman–Crippen MR) is 108 cm³/mol. The standard InChI is InChI=1S/C21H22N2O5S/c24-19-9-6-16-14-17(7-8-18(16)22-19)28-21(25)20(15-4-2-1-3-5-15)23-10-12-29(26,27)13-11-23/h1-5,7-8,14,20H,6,9-13H2,(H,22,24). The molecule has 29 heavy (non-hydrogen) atoms. The number of aryl methyl sites for hydroxylation is 1. The Morgan fingerprint density at radius 2 is 1.76 bits per heavy atom. The van der Waals surface area contributed by atoms with Crippen LogP contribution in [0.15, 0.2) is 48.5 Å². The lowest BCUT2D eigenvalue weighted by atomic mass is 10.0. The summed E-state index contributed by atoms with van der Waals surface area (Å²) < 4.78 is 29.3. The number of hydrogen-bond acceptors (Lipinski definition) is 6. The molecule has 0 radical (unpaired) electrons. The Labute approximate surface area is 169 Å². The second kappa shape index (κ2) is 7.96. The molecule has 2 aromatic carbocycles. The number of sulfone groups is 1. The van der Waals surface area contributed by atoms with Gasteiger partial charge in [0.25, 0.3) is 0 Å². The zero-order valence-corrected chi connectivity index (χ0v) is 16.7. The first kappa shape index (κ1) is 19.6. The highest BCUT2D eigenvalue weighted by Crippen LogP contribution is 2.29. The molecule has 2 aliphatic rings. The van der Waals surface area contributed by atoms with E-state index >= 15 is 0 Å². The molecular weight excluding hydrogens is 392 g/mol. The topological polar surface area (TPSA) is 92.8 Å². The molecule has 8 heteroatoms. The van der Waals surface area contributed by atoms with E-state index < -0.39 is 21.8 Å². The highest BCUT2D eigenvalue weighted by atomic mass is 32.2. The van der Waals surface area contributed by atoms with Gasteiger partial charge in [-0.1, -0.05) is 30.3 Å². The van der Waals surface area contributed by atoms with Crippen LogP contribution in [0, 0.1) is 0 Å². The number of nitrogens with zero attached hydrogens (tertiary/aromatic N) is 1. The Morgan fingerprint density at radius 3 is 2.48 bits per heavy atom. The van der Waals surface area contributed by atoms with Crippen molar-refractivity contribution in [3.63, 3.8) is 0 Å². The Balaban J connectivity index is 1.56. The lowest BCUT2D eigenvalue weighted by Crippen LogP contribution is -2.45. The molecule has 1 N–H and O–H groups in total. The van der Waals surface area contributed by atoms with Gasteiger partial charge in [-0.25, -0.2) is 13.2 Å². The van der Waals surface area contributed by atoms with Gasteiger partial charge in [-0.3, -0.25) is 9.69 Å². The van der Waals surface area contributed by atoms with Gasteiger partial charge in [-0.15, -0.1) is 0 Å². The van der Waals surface area contributed by atoms with Crippen molar-refractivity contribution >= 4 is 27.4 Å². The van der Waals surface area contributed by atoms with Gasteiger partial charge in [0.2, 0.25) is 5.91 Å². The number of fused-ring (bicyclic) bond motifs is 1. The fourth-order valence-electron chi connectivity index (χ4n) is 3.71. The summed E-state index contributed by atoms with van der Waals surface area (Å²) in [5.74, 6) is 0.00168. The molecule has 1 saturated heterocycles. The van der Waals surface area contributed by atoms with Crippen LogP contribution in [-0.2, 0) is 25.8 Å². The average Bonchev–Trinajstić information content (AvgIpc) is 2.70.